The maximum absolute atomic E-state index is 5.99. The largest absolute Gasteiger partial charge is 0.330 e. The van der Waals surface area contributed by atoms with Crippen molar-refractivity contribution < 1.29 is 0 Å². The van der Waals surface area contributed by atoms with Gasteiger partial charge in [-0.2, -0.15) is 0 Å². The Kier molecular flexibility index (Phi) is 8.53. The van der Waals surface area contributed by atoms with Gasteiger partial charge in [-0.1, -0.05) is 55.3 Å². The fourth-order valence-corrected chi connectivity index (χ4v) is 3.51. The van der Waals surface area contributed by atoms with Crippen LogP contribution in [0.3, 0.4) is 0 Å². The highest BCUT2D eigenvalue weighted by atomic mass is 31.0. The van der Waals surface area contributed by atoms with Gasteiger partial charge in [-0.05, 0) is 43.6 Å². The molecule has 2 N–H and O–H groups in total. The standard InChI is InChI=1S/C16H35N2P/c1-16(2,14-17)15-10-6-3-4-8-12-18(19)13-9-5-7-11-15/h15H,3-14,17,19H2,1-2H3. The van der Waals surface area contributed by atoms with E-state index in [2.05, 4.69) is 27.9 Å². The first kappa shape index (κ1) is 17.4. The highest BCUT2D eigenvalue weighted by molar-refractivity contribution is 7.13. The molecule has 0 aromatic rings. The lowest BCUT2D eigenvalue weighted by atomic mass is 9.73. The predicted molar refractivity (Wildman–Crippen MR) is 89.2 cm³/mol. The monoisotopic (exact) mass is 286 g/mol. The Hall–Kier alpha value is 0.350. The zero-order chi connectivity index (χ0) is 14.1. The summed E-state index contributed by atoms with van der Waals surface area (Å²) < 4.78 is 2.43. The van der Waals surface area contributed by atoms with Crippen molar-refractivity contribution >= 4 is 9.39 Å². The van der Waals surface area contributed by atoms with E-state index < -0.39 is 0 Å². The molecular formula is C16H35N2P. The van der Waals surface area contributed by atoms with Crippen LogP contribution in [0, 0.1) is 11.3 Å². The topological polar surface area (TPSA) is 29.3 Å². The fourth-order valence-electron chi connectivity index (χ4n) is 3.15. The van der Waals surface area contributed by atoms with Gasteiger partial charge in [0.1, 0.15) is 0 Å². The lowest BCUT2D eigenvalue weighted by Crippen LogP contribution is -2.32. The van der Waals surface area contributed by atoms with Crippen LogP contribution in [-0.2, 0) is 0 Å². The van der Waals surface area contributed by atoms with Crippen LogP contribution in [0.25, 0.3) is 0 Å². The molecule has 0 aliphatic carbocycles. The van der Waals surface area contributed by atoms with Crippen molar-refractivity contribution in [3.8, 4) is 0 Å². The third-order valence-electron chi connectivity index (χ3n) is 4.88. The summed E-state index contributed by atoms with van der Waals surface area (Å²) in [7, 11) is 2.90. The van der Waals surface area contributed by atoms with Crippen molar-refractivity contribution in [2.75, 3.05) is 19.6 Å². The van der Waals surface area contributed by atoms with Gasteiger partial charge < -0.3 is 5.73 Å². The minimum absolute atomic E-state index is 0.326. The molecule has 0 bridgehead atoms. The molecule has 1 saturated heterocycles. The van der Waals surface area contributed by atoms with Crippen LogP contribution in [0.5, 0.6) is 0 Å². The van der Waals surface area contributed by atoms with Crippen LogP contribution in [0.15, 0.2) is 0 Å². The highest BCUT2D eigenvalue weighted by Gasteiger charge is 2.27. The molecule has 1 fully saturated rings. The van der Waals surface area contributed by atoms with E-state index in [1.165, 1.54) is 70.9 Å². The Bertz CT molecular complexity index is 231. The molecular weight excluding hydrogens is 251 g/mol. The quantitative estimate of drug-likeness (QED) is 0.771. The molecule has 1 aliphatic rings. The molecule has 0 aromatic carbocycles. The van der Waals surface area contributed by atoms with Crippen LogP contribution in [0.2, 0.25) is 0 Å². The van der Waals surface area contributed by atoms with Crippen molar-refractivity contribution in [1.29, 1.82) is 0 Å². The summed E-state index contributed by atoms with van der Waals surface area (Å²) in [5.41, 5.74) is 6.31. The molecule has 2 unspecified atom stereocenters. The number of nitrogens with two attached hydrogens (primary N) is 1. The van der Waals surface area contributed by atoms with Crippen LogP contribution in [0.4, 0.5) is 0 Å². The van der Waals surface area contributed by atoms with Crippen LogP contribution < -0.4 is 5.73 Å². The zero-order valence-electron chi connectivity index (χ0n) is 13.2. The molecule has 3 heteroatoms. The molecule has 2 atom stereocenters. The van der Waals surface area contributed by atoms with Gasteiger partial charge in [0.15, 0.2) is 0 Å². The second-order valence-electron chi connectivity index (χ2n) is 6.98. The molecule has 2 nitrogen and oxygen atoms in total. The third kappa shape index (κ3) is 7.06. The number of hydrogen-bond donors (Lipinski definition) is 1. The molecule has 0 amide bonds. The molecule has 114 valence electrons. The number of hydrogen-bond acceptors (Lipinski definition) is 2. The molecule has 0 aromatic heterocycles. The smallest absolute Gasteiger partial charge is 0.00161 e. The van der Waals surface area contributed by atoms with Crippen molar-refractivity contribution in [1.82, 2.24) is 4.67 Å². The Morgan fingerprint density at radius 2 is 1.42 bits per heavy atom. The van der Waals surface area contributed by atoms with Crippen LogP contribution in [-0.4, -0.2) is 24.3 Å². The molecule has 1 heterocycles. The van der Waals surface area contributed by atoms with Gasteiger partial charge in [0.25, 0.3) is 0 Å². The Morgan fingerprint density at radius 1 is 0.947 bits per heavy atom. The number of nitrogens with zero attached hydrogens (tertiary/aromatic N) is 1. The van der Waals surface area contributed by atoms with Crippen molar-refractivity contribution in [3.05, 3.63) is 0 Å². The predicted octanol–water partition coefficient (Wildman–Crippen LogP) is 4.20. The SMILES string of the molecule is CC(C)(CN)C1CCCCCCN(P)CCCCC1. The molecule has 0 radical (unpaired) electrons. The lowest BCUT2D eigenvalue weighted by Gasteiger charge is -2.33. The first-order valence-electron chi connectivity index (χ1n) is 8.26. The fraction of sp³-hybridized carbons (Fsp3) is 1.00. The average molecular weight is 286 g/mol. The van der Waals surface area contributed by atoms with E-state index in [0.717, 1.165) is 12.5 Å². The van der Waals surface area contributed by atoms with Gasteiger partial charge in [-0.3, -0.25) is 4.67 Å². The molecule has 1 rings (SSSR count). The highest BCUT2D eigenvalue weighted by Crippen LogP contribution is 2.34. The number of rotatable bonds is 2. The average Bonchev–Trinajstić information content (AvgIpc) is 2.40. The van der Waals surface area contributed by atoms with E-state index in [9.17, 15) is 0 Å². The summed E-state index contributed by atoms with van der Waals surface area (Å²) in [6, 6.07) is 0. The van der Waals surface area contributed by atoms with Crippen molar-refractivity contribution in [2.24, 2.45) is 17.1 Å². The summed E-state index contributed by atoms with van der Waals surface area (Å²) >= 11 is 0. The van der Waals surface area contributed by atoms with Crippen molar-refractivity contribution in [3.63, 3.8) is 0 Å². The van der Waals surface area contributed by atoms with Gasteiger partial charge in [0, 0.05) is 13.1 Å². The zero-order valence-corrected chi connectivity index (χ0v) is 14.3. The first-order valence-corrected chi connectivity index (χ1v) is 8.77. The Balaban J connectivity index is 2.46. The Labute approximate surface area is 123 Å². The van der Waals surface area contributed by atoms with E-state index in [4.69, 9.17) is 5.73 Å². The van der Waals surface area contributed by atoms with Gasteiger partial charge in [0.05, 0.1) is 0 Å². The Morgan fingerprint density at radius 3 is 1.95 bits per heavy atom. The van der Waals surface area contributed by atoms with Crippen LogP contribution >= 0.6 is 9.39 Å². The van der Waals surface area contributed by atoms with E-state index in [1.54, 1.807) is 0 Å². The van der Waals surface area contributed by atoms with Gasteiger partial charge in [-0.15, -0.1) is 0 Å². The van der Waals surface area contributed by atoms with Gasteiger partial charge in [-0.25, -0.2) is 0 Å². The third-order valence-corrected chi connectivity index (χ3v) is 5.39. The first-order chi connectivity index (χ1) is 9.06. The van der Waals surface area contributed by atoms with Crippen molar-refractivity contribution in [2.45, 2.75) is 71.6 Å². The summed E-state index contributed by atoms with van der Waals surface area (Å²) in [6.45, 7) is 8.05. The summed E-state index contributed by atoms with van der Waals surface area (Å²) in [4.78, 5) is 0. The van der Waals surface area contributed by atoms with E-state index in [0.29, 0.717) is 5.41 Å². The minimum atomic E-state index is 0.326. The maximum atomic E-state index is 5.99. The summed E-state index contributed by atoms with van der Waals surface area (Å²) in [5.74, 6) is 0.824. The minimum Gasteiger partial charge on any atom is -0.330 e. The molecule has 1 aliphatic heterocycles. The molecule has 0 saturated carbocycles. The summed E-state index contributed by atoms with van der Waals surface area (Å²) in [5, 5.41) is 0. The lowest BCUT2D eigenvalue weighted by molar-refractivity contribution is 0.186. The van der Waals surface area contributed by atoms with E-state index >= 15 is 0 Å². The van der Waals surface area contributed by atoms with E-state index in [-0.39, 0.29) is 0 Å². The van der Waals surface area contributed by atoms with E-state index in [1.807, 2.05) is 0 Å². The summed E-state index contributed by atoms with van der Waals surface area (Å²) in [6.07, 6.45) is 12.4. The second kappa shape index (κ2) is 9.32. The van der Waals surface area contributed by atoms with Crippen LogP contribution in [0.1, 0.15) is 71.6 Å². The van der Waals surface area contributed by atoms with Gasteiger partial charge >= 0.3 is 0 Å². The molecule has 19 heavy (non-hydrogen) atoms. The maximum Gasteiger partial charge on any atom is 0.00161 e. The second-order valence-corrected chi connectivity index (χ2v) is 7.71. The normalized spacial score (nSPS) is 26.2. The van der Waals surface area contributed by atoms with Gasteiger partial charge in [0.2, 0.25) is 0 Å². The molecule has 0 spiro atoms.